The summed E-state index contributed by atoms with van der Waals surface area (Å²) in [5, 5.41) is 15.5. The van der Waals surface area contributed by atoms with Gasteiger partial charge in [0.25, 0.3) is 0 Å². The van der Waals surface area contributed by atoms with Crippen molar-refractivity contribution in [2.75, 3.05) is 39.3 Å². The normalized spacial score (nSPS) is 12.8. The second kappa shape index (κ2) is 9.57. The van der Waals surface area contributed by atoms with Gasteiger partial charge in [-0.1, -0.05) is 13.8 Å². The molecule has 0 rings (SSSR count). The van der Waals surface area contributed by atoms with Gasteiger partial charge in [0.2, 0.25) is 5.91 Å². The molecule has 0 aromatic heterocycles. The van der Waals surface area contributed by atoms with Gasteiger partial charge >= 0.3 is 0 Å². The first kappa shape index (κ1) is 15.3. The summed E-state index contributed by atoms with van der Waals surface area (Å²) >= 11 is 0. The third-order valence-electron chi connectivity index (χ3n) is 2.42. The Morgan fingerprint density at radius 3 is 2.44 bits per heavy atom. The van der Waals surface area contributed by atoms with Gasteiger partial charge in [-0.2, -0.15) is 0 Å². The third-order valence-corrected chi connectivity index (χ3v) is 2.42. The molecular formula is C11H25N3O2. The van der Waals surface area contributed by atoms with Crippen LogP contribution in [0.25, 0.3) is 0 Å². The Labute approximate surface area is 98.2 Å². The Bertz CT molecular complexity index is 184. The van der Waals surface area contributed by atoms with E-state index in [2.05, 4.69) is 29.4 Å². The smallest absolute Gasteiger partial charge is 0.216 e. The van der Waals surface area contributed by atoms with Gasteiger partial charge in [-0.25, -0.2) is 0 Å². The Morgan fingerprint density at radius 2 is 1.94 bits per heavy atom. The summed E-state index contributed by atoms with van der Waals surface area (Å²) in [6, 6.07) is 0. The lowest BCUT2D eigenvalue weighted by Gasteiger charge is -2.22. The molecule has 1 amide bonds. The van der Waals surface area contributed by atoms with Crippen molar-refractivity contribution in [2.45, 2.75) is 26.9 Å². The zero-order valence-electron chi connectivity index (χ0n) is 10.6. The quantitative estimate of drug-likeness (QED) is 0.464. The monoisotopic (exact) mass is 231 g/mol. The third kappa shape index (κ3) is 8.64. The number of rotatable bonds is 9. The molecule has 0 aromatic rings. The number of nitrogens with one attached hydrogen (secondary N) is 2. The Kier molecular flexibility index (Phi) is 9.18. The van der Waals surface area contributed by atoms with Crippen LogP contribution in [-0.4, -0.2) is 61.3 Å². The fourth-order valence-electron chi connectivity index (χ4n) is 1.44. The summed E-state index contributed by atoms with van der Waals surface area (Å²) in [6.45, 7) is 10.1. The molecule has 0 heterocycles. The number of likely N-dealkylation sites (N-methyl/N-ethyl adjacent to an activating group) is 1. The number of nitrogens with zero attached hydrogens (tertiary/aromatic N) is 1. The number of aliphatic hydroxyl groups is 1. The Hall–Kier alpha value is -0.650. The van der Waals surface area contributed by atoms with E-state index < -0.39 is 0 Å². The molecule has 0 saturated carbocycles. The highest BCUT2D eigenvalue weighted by molar-refractivity contribution is 5.72. The van der Waals surface area contributed by atoms with Crippen LogP contribution >= 0.6 is 0 Å². The van der Waals surface area contributed by atoms with Crippen LogP contribution in [0.1, 0.15) is 20.8 Å². The lowest BCUT2D eigenvalue weighted by atomic mass is 10.3. The van der Waals surface area contributed by atoms with Gasteiger partial charge in [-0.15, -0.1) is 0 Å². The van der Waals surface area contributed by atoms with E-state index in [1.54, 1.807) is 0 Å². The minimum Gasteiger partial charge on any atom is -0.390 e. The zero-order valence-corrected chi connectivity index (χ0v) is 10.6. The molecule has 0 aliphatic carbocycles. The predicted molar refractivity (Wildman–Crippen MR) is 65.3 cm³/mol. The maximum absolute atomic E-state index is 10.6. The maximum Gasteiger partial charge on any atom is 0.216 e. The highest BCUT2D eigenvalue weighted by Crippen LogP contribution is 1.90. The molecule has 96 valence electrons. The van der Waals surface area contributed by atoms with Crippen molar-refractivity contribution < 1.29 is 9.90 Å². The van der Waals surface area contributed by atoms with Crippen LogP contribution in [0.5, 0.6) is 0 Å². The maximum atomic E-state index is 10.6. The lowest BCUT2D eigenvalue weighted by Crippen LogP contribution is -2.40. The van der Waals surface area contributed by atoms with Gasteiger partial charge in [0.05, 0.1) is 6.10 Å². The van der Waals surface area contributed by atoms with Gasteiger partial charge in [0, 0.05) is 33.1 Å². The van der Waals surface area contributed by atoms with E-state index in [-0.39, 0.29) is 12.0 Å². The predicted octanol–water partition coefficient (Wildman–Crippen LogP) is -0.585. The Morgan fingerprint density at radius 1 is 1.31 bits per heavy atom. The van der Waals surface area contributed by atoms with Crippen LogP contribution in [-0.2, 0) is 4.79 Å². The summed E-state index contributed by atoms with van der Waals surface area (Å²) in [6.07, 6.45) is -0.350. The SMILES string of the molecule is CCN(CC)CC(O)CNCCNC(C)=O. The van der Waals surface area contributed by atoms with Crippen molar-refractivity contribution in [3.8, 4) is 0 Å². The minimum atomic E-state index is -0.350. The first-order chi connectivity index (χ1) is 7.60. The number of hydrogen-bond donors (Lipinski definition) is 3. The highest BCUT2D eigenvalue weighted by Gasteiger charge is 2.07. The van der Waals surface area contributed by atoms with E-state index in [4.69, 9.17) is 0 Å². The average molecular weight is 231 g/mol. The Balaban J connectivity index is 3.42. The first-order valence-electron chi connectivity index (χ1n) is 5.95. The molecule has 16 heavy (non-hydrogen) atoms. The van der Waals surface area contributed by atoms with E-state index in [1.807, 2.05) is 0 Å². The van der Waals surface area contributed by atoms with Crippen molar-refractivity contribution in [3.63, 3.8) is 0 Å². The molecule has 3 N–H and O–H groups in total. The van der Waals surface area contributed by atoms with Gasteiger partial charge in [0.1, 0.15) is 0 Å². The second-order valence-corrected chi connectivity index (χ2v) is 3.83. The molecule has 0 saturated heterocycles. The van der Waals surface area contributed by atoms with E-state index >= 15 is 0 Å². The van der Waals surface area contributed by atoms with E-state index in [1.165, 1.54) is 6.92 Å². The molecule has 0 fully saturated rings. The van der Waals surface area contributed by atoms with Crippen LogP contribution in [0.15, 0.2) is 0 Å². The molecule has 0 radical (unpaired) electrons. The van der Waals surface area contributed by atoms with Crippen molar-refractivity contribution in [1.29, 1.82) is 0 Å². The number of aliphatic hydroxyl groups excluding tert-OH is 1. The van der Waals surface area contributed by atoms with Crippen LogP contribution in [0.4, 0.5) is 0 Å². The first-order valence-corrected chi connectivity index (χ1v) is 5.95. The van der Waals surface area contributed by atoms with E-state index in [0.29, 0.717) is 26.2 Å². The molecule has 1 unspecified atom stereocenters. The van der Waals surface area contributed by atoms with E-state index in [0.717, 1.165) is 13.1 Å². The number of carbonyl (C=O) groups is 1. The summed E-state index contributed by atoms with van der Waals surface area (Å²) in [4.78, 5) is 12.7. The van der Waals surface area contributed by atoms with Crippen LogP contribution < -0.4 is 10.6 Å². The fourth-order valence-corrected chi connectivity index (χ4v) is 1.44. The van der Waals surface area contributed by atoms with E-state index in [9.17, 15) is 9.90 Å². The largest absolute Gasteiger partial charge is 0.390 e. The standard InChI is InChI=1S/C11H25N3O2/c1-4-14(5-2)9-11(16)8-12-6-7-13-10(3)15/h11-12,16H,4-9H2,1-3H3,(H,13,15). The van der Waals surface area contributed by atoms with Crippen molar-refractivity contribution in [1.82, 2.24) is 15.5 Å². The molecule has 0 aliphatic rings. The van der Waals surface area contributed by atoms with Gasteiger partial charge in [-0.05, 0) is 13.1 Å². The number of hydrogen-bond acceptors (Lipinski definition) is 4. The molecule has 5 nitrogen and oxygen atoms in total. The van der Waals surface area contributed by atoms with Crippen molar-refractivity contribution in [3.05, 3.63) is 0 Å². The summed E-state index contributed by atoms with van der Waals surface area (Å²) in [7, 11) is 0. The molecule has 1 atom stereocenters. The summed E-state index contributed by atoms with van der Waals surface area (Å²) in [5.41, 5.74) is 0. The van der Waals surface area contributed by atoms with Crippen LogP contribution in [0, 0.1) is 0 Å². The average Bonchev–Trinajstić information content (AvgIpc) is 2.25. The highest BCUT2D eigenvalue weighted by atomic mass is 16.3. The van der Waals surface area contributed by atoms with Crippen LogP contribution in [0.3, 0.4) is 0 Å². The second-order valence-electron chi connectivity index (χ2n) is 3.83. The summed E-state index contributed by atoms with van der Waals surface area (Å²) < 4.78 is 0. The minimum absolute atomic E-state index is 0.0227. The zero-order chi connectivity index (χ0) is 12.4. The number of amides is 1. The van der Waals surface area contributed by atoms with Gasteiger partial charge in [-0.3, -0.25) is 4.79 Å². The van der Waals surface area contributed by atoms with Crippen molar-refractivity contribution in [2.24, 2.45) is 0 Å². The summed E-state index contributed by atoms with van der Waals surface area (Å²) in [5.74, 6) is -0.0227. The number of carbonyl (C=O) groups excluding carboxylic acids is 1. The molecule has 0 spiro atoms. The topological polar surface area (TPSA) is 64.6 Å². The molecule has 0 aromatic carbocycles. The van der Waals surface area contributed by atoms with Gasteiger partial charge in [0.15, 0.2) is 0 Å². The molecule has 5 heteroatoms. The van der Waals surface area contributed by atoms with Crippen molar-refractivity contribution >= 4 is 5.91 Å². The van der Waals surface area contributed by atoms with Crippen LogP contribution in [0.2, 0.25) is 0 Å². The van der Waals surface area contributed by atoms with Gasteiger partial charge < -0.3 is 20.6 Å². The fraction of sp³-hybridized carbons (Fsp3) is 0.909. The lowest BCUT2D eigenvalue weighted by molar-refractivity contribution is -0.118. The molecule has 0 aliphatic heterocycles. The molecule has 0 bridgehead atoms. The molecular weight excluding hydrogens is 206 g/mol.